The number of carbonyl (C=O) groups is 1. The highest BCUT2D eigenvalue weighted by atomic mass is 32.1. The largest absolute Gasteiger partial charge is 0.477 e. The number of nitrogens with one attached hydrogen (secondary N) is 1. The molecule has 16 heavy (non-hydrogen) atoms. The van der Waals surface area contributed by atoms with Gasteiger partial charge >= 0.3 is 5.97 Å². The number of carboxylic acid groups (broad SMARTS) is 1. The van der Waals surface area contributed by atoms with Crippen LogP contribution in [0.5, 0.6) is 0 Å². The van der Waals surface area contributed by atoms with E-state index in [0.717, 1.165) is 23.5 Å². The lowest BCUT2D eigenvalue weighted by Gasteiger charge is -2.04. The van der Waals surface area contributed by atoms with Crippen LogP contribution in [0, 0.1) is 0 Å². The molecule has 1 aliphatic rings. The molecule has 0 bridgehead atoms. The van der Waals surface area contributed by atoms with Gasteiger partial charge in [0.2, 0.25) is 0 Å². The average Bonchev–Trinajstić information content (AvgIpc) is 2.95. The van der Waals surface area contributed by atoms with Gasteiger partial charge in [0, 0.05) is 18.5 Å². The van der Waals surface area contributed by atoms with Crippen LogP contribution in [0.25, 0.3) is 0 Å². The summed E-state index contributed by atoms with van der Waals surface area (Å²) in [7, 11) is 0. The number of thiazole rings is 1. The first-order chi connectivity index (χ1) is 7.58. The fourth-order valence-corrected chi connectivity index (χ4v) is 2.47. The first-order valence-electron chi connectivity index (χ1n) is 5.54. The van der Waals surface area contributed by atoms with Crippen molar-refractivity contribution in [3.63, 3.8) is 0 Å². The van der Waals surface area contributed by atoms with E-state index >= 15 is 0 Å². The molecule has 5 heteroatoms. The highest BCUT2D eigenvalue weighted by Crippen LogP contribution is 2.42. The Hall–Kier alpha value is -0.940. The van der Waals surface area contributed by atoms with Crippen LogP contribution in [0.4, 0.5) is 0 Å². The molecule has 0 atom stereocenters. The maximum absolute atomic E-state index is 11.1. The van der Waals surface area contributed by atoms with Crippen molar-refractivity contribution in [1.82, 2.24) is 10.3 Å². The molecule has 4 nitrogen and oxygen atoms in total. The van der Waals surface area contributed by atoms with E-state index in [1.807, 2.05) is 0 Å². The first-order valence-corrected chi connectivity index (χ1v) is 6.36. The van der Waals surface area contributed by atoms with Crippen molar-refractivity contribution in [2.45, 2.75) is 45.2 Å². The quantitative estimate of drug-likeness (QED) is 0.828. The second kappa shape index (κ2) is 4.51. The Labute approximate surface area is 98.7 Å². The standard InChI is InChI=1S/C11H16N2O2S/c1-6(2)12-5-8-13-9(7-3-4-7)10(16-8)11(14)15/h6-7,12H,3-5H2,1-2H3,(H,14,15). The molecule has 1 aromatic rings. The van der Waals surface area contributed by atoms with Gasteiger partial charge in [-0.1, -0.05) is 13.8 Å². The highest BCUT2D eigenvalue weighted by Gasteiger charge is 2.31. The van der Waals surface area contributed by atoms with Gasteiger partial charge in [-0.3, -0.25) is 0 Å². The van der Waals surface area contributed by atoms with Crippen LogP contribution in [0.15, 0.2) is 0 Å². The van der Waals surface area contributed by atoms with E-state index in [2.05, 4.69) is 24.1 Å². The second-order valence-electron chi connectivity index (χ2n) is 4.44. The van der Waals surface area contributed by atoms with Gasteiger partial charge in [-0.15, -0.1) is 11.3 Å². The summed E-state index contributed by atoms with van der Waals surface area (Å²) in [6.07, 6.45) is 2.17. The van der Waals surface area contributed by atoms with E-state index in [-0.39, 0.29) is 0 Å². The van der Waals surface area contributed by atoms with Crippen LogP contribution < -0.4 is 5.32 Å². The maximum Gasteiger partial charge on any atom is 0.347 e. The summed E-state index contributed by atoms with van der Waals surface area (Å²) in [5.74, 6) is -0.439. The number of carboxylic acids is 1. The number of aromatic nitrogens is 1. The zero-order chi connectivity index (χ0) is 11.7. The van der Waals surface area contributed by atoms with E-state index in [4.69, 9.17) is 5.11 Å². The number of aromatic carboxylic acids is 1. The Bertz CT molecular complexity index is 397. The second-order valence-corrected chi connectivity index (χ2v) is 5.52. The molecule has 0 spiro atoms. The predicted octanol–water partition coefficient (Wildman–Crippen LogP) is 2.22. The van der Waals surface area contributed by atoms with Crippen molar-refractivity contribution in [3.8, 4) is 0 Å². The van der Waals surface area contributed by atoms with E-state index in [1.54, 1.807) is 0 Å². The van der Waals surface area contributed by atoms with Gasteiger partial charge in [0.15, 0.2) is 0 Å². The van der Waals surface area contributed by atoms with Crippen LogP contribution in [-0.2, 0) is 6.54 Å². The number of rotatable bonds is 5. The monoisotopic (exact) mass is 240 g/mol. The third-order valence-electron chi connectivity index (χ3n) is 2.52. The van der Waals surface area contributed by atoms with Crippen molar-refractivity contribution in [2.24, 2.45) is 0 Å². The zero-order valence-corrected chi connectivity index (χ0v) is 10.3. The fourth-order valence-electron chi connectivity index (χ4n) is 1.53. The Kier molecular flexibility index (Phi) is 3.25. The van der Waals surface area contributed by atoms with Gasteiger partial charge < -0.3 is 10.4 Å². The summed E-state index contributed by atoms with van der Waals surface area (Å²) < 4.78 is 0. The fraction of sp³-hybridized carbons (Fsp3) is 0.636. The molecule has 0 unspecified atom stereocenters. The van der Waals surface area contributed by atoms with Crippen molar-refractivity contribution < 1.29 is 9.90 Å². The summed E-state index contributed by atoms with van der Waals surface area (Å²) in [4.78, 5) is 15.9. The predicted molar refractivity (Wildman–Crippen MR) is 63.0 cm³/mol. The van der Waals surface area contributed by atoms with E-state index in [1.165, 1.54) is 11.3 Å². The summed E-state index contributed by atoms with van der Waals surface area (Å²) in [6, 6.07) is 0.390. The zero-order valence-electron chi connectivity index (χ0n) is 9.49. The number of hydrogen-bond donors (Lipinski definition) is 2. The summed E-state index contributed by atoms with van der Waals surface area (Å²) in [5, 5.41) is 13.2. The normalized spacial score (nSPS) is 15.7. The maximum atomic E-state index is 11.1. The van der Waals surface area contributed by atoms with Crippen molar-refractivity contribution in [1.29, 1.82) is 0 Å². The van der Waals surface area contributed by atoms with Gasteiger partial charge in [0.05, 0.1) is 5.69 Å². The van der Waals surface area contributed by atoms with Gasteiger partial charge in [-0.25, -0.2) is 9.78 Å². The Morgan fingerprint density at radius 2 is 2.31 bits per heavy atom. The summed E-state index contributed by atoms with van der Waals surface area (Å²) >= 11 is 1.30. The molecule has 1 aromatic heterocycles. The molecule has 1 fully saturated rings. The lowest BCUT2D eigenvalue weighted by atomic mass is 10.2. The minimum Gasteiger partial charge on any atom is -0.477 e. The lowest BCUT2D eigenvalue weighted by molar-refractivity contribution is 0.0700. The minimum absolute atomic E-state index is 0.390. The Balaban J connectivity index is 2.14. The van der Waals surface area contributed by atoms with E-state index < -0.39 is 5.97 Å². The SMILES string of the molecule is CC(C)NCc1nc(C2CC2)c(C(=O)O)s1. The van der Waals surface area contributed by atoms with Gasteiger partial charge in [0.25, 0.3) is 0 Å². The number of hydrogen-bond acceptors (Lipinski definition) is 4. The minimum atomic E-state index is -0.838. The molecular weight excluding hydrogens is 224 g/mol. The lowest BCUT2D eigenvalue weighted by Crippen LogP contribution is -2.21. The van der Waals surface area contributed by atoms with Crippen LogP contribution in [0.3, 0.4) is 0 Å². The van der Waals surface area contributed by atoms with Crippen LogP contribution in [-0.4, -0.2) is 22.1 Å². The summed E-state index contributed by atoms with van der Waals surface area (Å²) in [5.41, 5.74) is 0.804. The van der Waals surface area contributed by atoms with Crippen molar-refractivity contribution in [2.75, 3.05) is 0 Å². The Morgan fingerprint density at radius 1 is 1.62 bits per heavy atom. The molecule has 1 heterocycles. The van der Waals surface area contributed by atoms with Gasteiger partial charge in [0.1, 0.15) is 9.88 Å². The highest BCUT2D eigenvalue weighted by molar-refractivity contribution is 7.13. The van der Waals surface area contributed by atoms with Crippen molar-refractivity contribution in [3.05, 3.63) is 15.6 Å². The molecule has 1 aliphatic carbocycles. The van der Waals surface area contributed by atoms with E-state index in [9.17, 15) is 4.79 Å². The average molecular weight is 240 g/mol. The molecule has 0 aliphatic heterocycles. The molecule has 0 amide bonds. The smallest absolute Gasteiger partial charge is 0.347 e. The number of nitrogens with zero attached hydrogens (tertiary/aromatic N) is 1. The first kappa shape index (κ1) is 11.5. The van der Waals surface area contributed by atoms with Crippen LogP contribution in [0.2, 0.25) is 0 Å². The molecule has 0 aromatic carbocycles. The molecule has 88 valence electrons. The van der Waals surface area contributed by atoms with Gasteiger partial charge in [-0.2, -0.15) is 0 Å². The summed E-state index contributed by atoms with van der Waals surface area (Å²) in [6.45, 7) is 4.79. The molecule has 0 radical (unpaired) electrons. The van der Waals surface area contributed by atoms with E-state index in [0.29, 0.717) is 23.4 Å². The van der Waals surface area contributed by atoms with Crippen LogP contribution >= 0.6 is 11.3 Å². The molecule has 2 N–H and O–H groups in total. The Morgan fingerprint density at radius 3 is 2.81 bits per heavy atom. The molecular formula is C11H16N2O2S. The van der Waals surface area contributed by atoms with Gasteiger partial charge in [-0.05, 0) is 12.8 Å². The molecule has 0 saturated heterocycles. The van der Waals surface area contributed by atoms with Crippen molar-refractivity contribution >= 4 is 17.3 Å². The topological polar surface area (TPSA) is 62.2 Å². The molecule has 2 rings (SSSR count). The molecule has 1 saturated carbocycles. The third-order valence-corrected chi connectivity index (χ3v) is 3.58. The van der Waals surface area contributed by atoms with Crippen LogP contribution in [0.1, 0.15) is 53.0 Å². The third kappa shape index (κ3) is 2.59.